The van der Waals surface area contributed by atoms with E-state index in [0.717, 1.165) is 25.9 Å². The van der Waals surface area contributed by atoms with Crippen molar-refractivity contribution in [2.24, 2.45) is 5.92 Å². The minimum absolute atomic E-state index is 0.0239. The smallest absolute Gasteiger partial charge is 0.225 e. The summed E-state index contributed by atoms with van der Waals surface area (Å²) in [5.41, 5.74) is 2.42. The van der Waals surface area contributed by atoms with E-state index in [1.807, 2.05) is 12.1 Å². The van der Waals surface area contributed by atoms with Gasteiger partial charge >= 0.3 is 0 Å². The van der Waals surface area contributed by atoms with Crippen LogP contribution in [0.1, 0.15) is 18.9 Å². The zero-order valence-electron chi connectivity index (χ0n) is 12.2. The molecule has 4 heteroatoms. The van der Waals surface area contributed by atoms with Crippen LogP contribution in [0.3, 0.4) is 0 Å². The molecule has 1 aromatic rings. The van der Waals surface area contributed by atoms with Gasteiger partial charge in [0.15, 0.2) is 0 Å². The molecule has 0 spiro atoms. The zero-order valence-corrected chi connectivity index (χ0v) is 12.2. The molecule has 1 fully saturated rings. The molecule has 2 aliphatic rings. The van der Waals surface area contributed by atoms with Crippen LogP contribution in [-0.4, -0.2) is 43.0 Å². The molecule has 1 aromatic carbocycles. The number of likely N-dealkylation sites (N-methyl/N-ethyl adjacent to an activating group) is 1. The molecule has 0 aliphatic carbocycles. The molecule has 1 saturated heterocycles. The number of hydrogen-bond acceptors (Lipinski definition) is 3. The SMILES string of the molecule is CC1Nc2ccccc2CC1C(=O)NC1CCN(C)C1. The molecular weight excluding hydrogens is 250 g/mol. The molecule has 0 saturated carbocycles. The minimum Gasteiger partial charge on any atom is -0.382 e. The van der Waals surface area contributed by atoms with Crippen LogP contribution in [0.25, 0.3) is 0 Å². The number of fused-ring (bicyclic) bond motifs is 1. The lowest BCUT2D eigenvalue weighted by molar-refractivity contribution is -0.126. The Morgan fingerprint density at radius 3 is 2.95 bits per heavy atom. The fourth-order valence-electron chi connectivity index (χ4n) is 3.28. The first-order valence-corrected chi connectivity index (χ1v) is 7.47. The molecule has 2 aliphatic heterocycles. The van der Waals surface area contributed by atoms with Crippen molar-refractivity contribution in [3.8, 4) is 0 Å². The fourth-order valence-corrected chi connectivity index (χ4v) is 3.28. The molecule has 0 aromatic heterocycles. The van der Waals surface area contributed by atoms with Crippen molar-refractivity contribution in [2.45, 2.75) is 31.8 Å². The molecule has 108 valence electrons. The summed E-state index contributed by atoms with van der Waals surface area (Å²) < 4.78 is 0. The van der Waals surface area contributed by atoms with E-state index in [1.165, 1.54) is 11.3 Å². The van der Waals surface area contributed by atoms with Crippen molar-refractivity contribution >= 4 is 11.6 Å². The third-order valence-corrected chi connectivity index (χ3v) is 4.52. The quantitative estimate of drug-likeness (QED) is 0.858. The number of para-hydroxylation sites is 1. The third-order valence-electron chi connectivity index (χ3n) is 4.52. The van der Waals surface area contributed by atoms with Gasteiger partial charge in [0.25, 0.3) is 0 Å². The largest absolute Gasteiger partial charge is 0.382 e. The van der Waals surface area contributed by atoms with Crippen molar-refractivity contribution in [3.63, 3.8) is 0 Å². The Morgan fingerprint density at radius 1 is 1.40 bits per heavy atom. The van der Waals surface area contributed by atoms with Gasteiger partial charge in [0.05, 0.1) is 5.92 Å². The average molecular weight is 273 g/mol. The van der Waals surface area contributed by atoms with Crippen LogP contribution in [0.2, 0.25) is 0 Å². The molecule has 3 rings (SSSR count). The minimum atomic E-state index is 0.0239. The maximum Gasteiger partial charge on any atom is 0.225 e. The first-order chi connectivity index (χ1) is 9.63. The van der Waals surface area contributed by atoms with Crippen molar-refractivity contribution in [1.29, 1.82) is 0 Å². The van der Waals surface area contributed by atoms with Crippen LogP contribution in [0.4, 0.5) is 5.69 Å². The first kappa shape index (κ1) is 13.4. The lowest BCUT2D eigenvalue weighted by Gasteiger charge is -2.32. The number of carbonyl (C=O) groups excluding carboxylic acids is 1. The number of nitrogens with zero attached hydrogens (tertiary/aromatic N) is 1. The van der Waals surface area contributed by atoms with Gasteiger partial charge < -0.3 is 15.5 Å². The van der Waals surface area contributed by atoms with Gasteiger partial charge in [-0.3, -0.25) is 4.79 Å². The zero-order chi connectivity index (χ0) is 14.1. The van der Waals surface area contributed by atoms with Gasteiger partial charge in [-0.2, -0.15) is 0 Å². The van der Waals surface area contributed by atoms with Crippen LogP contribution < -0.4 is 10.6 Å². The number of likely N-dealkylation sites (tertiary alicyclic amines) is 1. The molecule has 2 N–H and O–H groups in total. The maximum atomic E-state index is 12.5. The number of benzene rings is 1. The van der Waals surface area contributed by atoms with E-state index in [4.69, 9.17) is 0 Å². The van der Waals surface area contributed by atoms with E-state index < -0.39 is 0 Å². The highest BCUT2D eigenvalue weighted by atomic mass is 16.2. The number of carbonyl (C=O) groups is 1. The van der Waals surface area contributed by atoms with E-state index in [2.05, 4.69) is 41.6 Å². The van der Waals surface area contributed by atoms with Crippen molar-refractivity contribution in [3.05, 3.63) is 29.8 Å². The topological polar surface area (TPSA) is 44.4 Å². The van der Waals surface area contributed by atoms with Crippen molar-refractivity contribution < 1.29 is 4.79 Å². The number of nitrogens with one attached hydrogen (secondary N) is 2. The summed E-state index contributed by atoms with van der Waals surface area (Å²) in [5.74, 6) is 0.218. The lowest BCUT2D eigenvalue weighted by Crippen LogP contribution is -2.47. The Labute approximate surface area is 120 Å². The molecule has 3 atom stereocenters. The van der Waals surface area contributed by atoms with Gasteiger partial charge in [-0.25, -0.2) is 0 Å². The summed E-state index contributed by atoms with van der Waals surface area (Å²) in [7, 11) is 2.10. The van der Waals surface area contributed by atoms with E-state index in [0.29, 0.717) is 6.04 Å². The highest BCUT2D eigenvalue weighted by molar-refractivity contribution is 5.81. The van der Waals surface area contributed by atoms with Gasteiger partial charge in [0.1, 0.15) is 0 Å². The van der Waals surface area contributed by atoms with E-state index in [1.54, 1.807) is 0 Å². The second kappa shape index (κ2) is 5.44. The molecule has 1 amide bonds. The summed E-state index contributed by atoms with van der Waals surface area (Å²) in [6.45, 7) is 4.14. The van der Waals surface area contributed by atoms with Crippen LogP contribution in [0.5, 0.6) is 0 Å². The molecule has 0 bridgehead atoms. The van der Waals surface area contributed by atoms with Gasteiger partial charge in [0.2, 0.25) is 5.91 Å². The second-order valence-electron chi connectivity index (χ2n) is 6.16. The summed E-state index contributed by atoms with van der Waals surface area (Å²) in [5, 5.41) is 6.67. The fraction of sp³-hybridized carbons (Fsp3) is 0.562. The number of anilines is 1. The normalized spacial score (nSPS) is 29.6. The monoisotopic (exact) mass is 273 g/mol. The Kier molecular flexibility index (Phi) is 3.66. The third kappa shape index (κ3) is 2.66. The molecule has 0 radical (unpaired) electrons. The standard InChI is InChI=1S/C16H23N3O/c1-11-14(9-12-5-3-4-6-15(12)17-11)16(20)18-13-7-8-19(2)10-13/h3-6,11,13-14,17H,7-10H2,1-2H3,(H,18,20). The van der Waals surface area contributed by atoms with Gasteiger partial charge in [-0.1, -0.05) is 18.2 Å². The second-order valence-corrected chi connectivity index (χ2v) is 6.16. The molecular formula is C16H23N3O. The van der Waals surface area contributed by atoms with E-state index >= 15 is 0 Å². The van der Waals surface area contributed by atoms with Gasteiger partial charge in [-0.15, -0.1) is 0 Å². The summed E-state index contributed by atoms with van der Waals surface area (Å²) >= 11 is 0. The Bertz CT molecular complexity index is 502. The van der Waals surface area contributed by atoms with Crippen LogP contribution in [-0.2, 0) is 11.2 Å². The lowest BCUT2D eigenvalue weighted by atomic mass is 9.87. The summed E-state index contributed by atoms with van der Waals surface area (Å²) in [6, 6.07) is 8.77. The highest BCUT2D eigenvalue weighted by Crippen LogP contribution is 2.28. The van der Waals surface area contributed by atoms with Crippen LogP contribution in [0, 0.1) is 5.92 Å². The Morgan fingerprint density at radius 2 is 2.20 bits per heavy atom. The van der Waals surface area contributed by atoms with E-state index in [-0.39, 0.29) is 17.9 Å². The first-order valence-electron chi connectivity index (χ1n) is 7.47. The molecule has 2 heterocycles. The van der Waals surface area contributed by atoms with E-state index in [9.17, 15) is 4.79 Å². The van der Waals surface area contributed by atoms with Gasteiger partial charge in [-0.05, 0) is 45.0 Å². The average Bonchev–Trinajstić information content (AvgIpc) is 2.83. The number of hydrogen-bond donors (Lipinski definition) is 2. The number of rotatable bonds is 2. The van der Waals surface area contributed by atoms with Crippen LogP contribution >= 0.6 is 0 Å². The van der Waals surface area contributed by atoms with Gasteiger partial charge in [0, 0.05) is 24.3 Å². The predicted molar refractivity (Wildman–Crippen MR) is 80.8 cm³/mol. The molecule has 4 nitrogen and oxygen atoms in total. The van der Waals surface area contributed by atoms with Crippen LogP contribution in [0.15, 0.2) is 24.3 Å². The summed E-state index contributed by atoms with van der Waals surface area (Å²) in [6.07, 6.45) is 1.89. The highest BCUT2D eigenvalue weighted by Gasteiger charge is 2.32. The predicted octanol–water partition coefficient (Wildman–Crippen LogP) is 1.48. The molecule has 20 heavy (non-hydrogen) atoms. The molecule has 3 unspecified atom stereocenters. The Balaban J connectivity index is 1.66. The Hall–Kier alpha value is -1.55. The number of amides is 1. The van der Waals surface area contributed by atoms with Crippen molar-refractivity contribution in [2.75, 3.05) is 25.5 Å². The maximum absolute atomic E-state index is 12.5. The van der Waals surface area contributed by atoms with Crippen molar-refractivity contribution in [1.82, 2.24) is 10.2 Å². The summed E-state index contributed by atoms with van der Waals surface area (Å²) in [4.78, 5) is 14.8.